The minimum absolute atomic E-state index is 0.469. The number of carboxylic acid groups (broad SMARTS) is 3. The van der Waals surface area contributed by atoms with Crippen LogP contribution in [0.1, 0.15) is 69.3 Å². The number of methoxy groups -OCH3 is 3. The second-order valence-corrected chi connectivity index (χ2v) is 21.8. The normalized spacial score (nSPS) is 11.9. The van der Waals surface area contributed by atoms with Crippen LogP contribution in [0, 0.1) is 0 Å². The third-order valence-corrected chi connectivity index (χ3v) is 14.1. The molecule has 3 N–H and O–H groups in total. The van der Waals surface area contributed by atoms with Crippen LogP contribution < -0.4 is 14.2 Å². The Hall–Kier alpha value is -8.58. The van der Waals surface area contributed by atoms with E-state index in [1.54, 1.807) is 21.3 Å². The molecule has 3 atom stereocenters. The standard InChI is InChI=1S/3C23H29NO5/c3*1-24(2)16-21(29-23(27)22(25)26)15-12-19-7-5-4-6-18(19)11-8-17-9-13-20(28-3)14-10-17/h3*4-7,9-10,13-14,21H,8,11-12,15-16H2,1-3H3,(H,25,26)/t2*21-;/m10./s1. The zero-order chi connectivity index (χ0) is 63.7. The molecule has 6 rings (SSSR count). The van der Waals surface area contributed by atoms with E-state index in [9.17, 15) is 28.8 Å². The van der Waals surface area contributed by atoms with Gasteiger partial charge >= 0.3 is 35.8 Å². The number of carboxylic acids is 3. The molecule has 1 unspecified atom stereocenters. The highest BCUT2D eigenvalue weighted by Gasteiger charge is 2.24. The minimum Gasteiger partial charge on any atom is -0.497 e. The molecule has 18 nitrogen and oxygen atoms in total. The van der Waals surface area contributed by atoms with Gasteiger partial charge in [0.15, 0.2) is 0 Å². The minimum atomic E-state index is -1.56. The number of nitrogens with zero attached hydrogens (tertiary/aromatic N) is 3. The molecule has 0 aromatic heterocycles. The van der Waals surface area contributed by atoms with Crippen molar-refractivity contribution in [3.63, 3.8) is 0 Å². The lowest BCUT2D eigenvalue weighted by molar-refractivity contribution is -0.168. The number of aryl methyl sites for hydroxylation is 9. The lowest BCUT2D eigenvalue weighted by Gasteiger charge is -2.21. The largest absolute Gasteiger partial charge is 0.497 e. The van der Waals surface area contributed by atoms with E-state index in [4.69, 9.17) is 43.7 Å². The van der Waals surface area contributed by atoms with E-state index in [-0.39, 0.29) is 0 Å². The van der Waals surface area contributed by atoms with Gasteiger partial charge in [-0.05, 0) is 206 Å². The zero-order valence-electron chi connectivity index (χ0n) is 51.8. The summed E-state index contributed by atoms with van der Waals surface area (Å²) in [4.78, 5) is 72.5. The zero-order valence-corrected chi connectivity index (χ0v) is 51.8. The van der Waals surface area contributed by atoms with Crippen LogP contribution in [0.2, 0.25) is 0 Å². The number of benzene rings is 6. The van der Waals surface area contributed by atoms with Crippen LogP contribution in [0.25, 0.3) is 0 Å². The molecule has 18 heteroatoms. The summed E-state index contributed by atoms with van der Waals surface area (Å²) in [7, 11) is 16.2. The van der Waals surface area contributed by atoms with Crippen LogP contribution in [0.15, 0.2) is 146 Å². The monoisotopic (exact) mass is 1200 g/mol. The van der Waals surface area contributed by atoms with Gasteiger partial charge in [-0.2, -0.15) is 0 Å². The molecule has 0 aliphatic heterocycles. The first-order valence-electron chi connectivity index (χ1n) is 29.0. The van der Waals surface area contributed by atoms with Crippen LogP contribution in [0.5, 0.6) is 17.2 Å². The van der Waals surface area contributed by atoms with Crippen molar-refractivity contribution in [2.24, 2.45) is 0 Å². The van der Waals surface area contributed by atoms with Gasteiger partial charge in [0.1, 0.15) is 35.6 Å². The first-order chi connectivity index (χ1) is 41.7. The Balaban J connectivity index is 0.000000279. The van der Waals surface area contributed by atoms with Crippen molar-refractivity contribution in [3.8, 4) is 17.2 Å². The Bertz CT molecular complexity index is 2730. The van der Waals surface area contributed by atoms with Crippen molar-refractivity contribution >= 4 is 35.8 Å². The first kappa shape index (κ1) is 70.9. The van der Waals surface area contributed by atoms with Gasteiger partial charge in [-0.3, -0.25) is 0 Å². The molecular weight excluding hydrogens is 1110 g/mol. The van der Waals surface area contributed by atoms with Crippen LogP contribution in [0.3, 0.4) is 0 Å². The van der Waals surface area contributed by atoms with Crippen LogP contribution in [0.4, 0.5) is 0 Å². The molecule has 0 aliphatic carbocycles. The number of carbonyl (C=O) groups excluding carboxylic acids is 3. The number of rotatable bonds is 30. The van der Waals surface area contributed by atoms with Gasteiger partial charge in [-0.25, -0.2) is 28.8 Å². The van der Waals surface area contributed by atoms with Gasteiger partial charge in [-0.15, -0.1) is 0 Å². The number of esters is 3. The fraction of sp³-hybridized carbons (Fsp3) is 0.391. The summed E-state index contributed by atoms with van der Waals surface area (Å²) in [5.74, 6) is -5.76. The Kier molecular flexibility index (Phi) is 31.3. The quantitative estimate of drug-likeness (QED) is 0.0217. The molecule has 0 aliphatic rings. The van der Waals surface area contributed by atoms with Gasteiger partial charge in [0.05, 0.1) is 21.3 Å². The fourth-order valence-corrected chi connectivity index (χ4v) is 9.69. The summed E-state index contributed by atoms with van der Waals surface area (Å²) in [5.41, 5.74) is 11.0. The van der Waals surface area contributed by atoms with E-state index in [1.165, 1.54) is 50.1 Å². The van der Waals surface area contributed by atoms with Crippen molar-refractivity contribution in [1.82, 2.24) is 14.7 Å². The third kappa shape index (κ3) is 27.6. The van der Waals surface area contributed by atoms with E-state index in [2.05, 4.69) is 72.8 Å². The Morgan fingerprint density at radius 1 is 0.322 bits per heavy atom. The smallest absolute Gasteiger partial charge is 0.417 e. The van der Waals surface area contributed by atoms with Crippen molar-refractivity contribution in [2.45, 2.75) is 95.4 Å². The molecule has 0 fully saturated rings. The third-order valence-electron chi connectivity index (χ3n) is 14.1. The van der Waals surface area contributed by atoms with Crippen molar-refractivity contribution in [2.75, 3.05) is 83.2 Å². The summed E-state index contributed by atoms with van der Waals surface area (Å²) in [6.45, 7) is 1.44. The van der Waals surface area contributed by atoms with E-state index in [0.29, 0.717) is 58.2 Å². The number of ether oxygens (including phenoxy) is 6. The second-order valence-electron chi connectivity index (χ2n) is 21.8. The van der Waals surface area contributed by atoms with Crippen molar-refractivity contribution < 1.29 is 72.5 Å². The van der Waals surface area contributed by atoms with E-state index < -0.39 is 54.1 Å². The van der Waals surface area contributed by atoms with Gasteiger partial charge in [-0.1, -0.05) is 109 Å². The van der Waals surface area contributed by atoms with Crippen LogP contribution >= 0.6 is 0 Å². The lowest BCUT2D eigenvalue weighted by atomic mass is 9.96. The summed E-state index contributed by atoms with van der Waals surface area (Å²) in [6, 6.07) is 48.8. The Labute approximate surface area is 512 Å². The van der Waals surface area contributed by atoms with Gasteiger partial charge in [0.2, 0.25) is 0 Å². The molecule has 468 valence electrons. The average Bonchev–Trinajstić information content (AvgIpc) is 3.71. The Morgan fingerprint density at radius 2 is 0.529 bits per heavy atom. The van der Waals surface area contributed by atoms with Gasteiger partial charge < -0.3 is 58.4 Å². The number of likely N-dealkylation sites (N-methyl/N-ethyl adjacent to an activating group) is 3. The summed E-state index contributed by atoms with van der Waals surface area (Å²) < 4.78 is 31.0. The maximum atomic E-state index is 11.5. The van der Waals surface area contributed by atoms with E-state index in [0.717, 1.165) is 55.8 Å². The molecule has 6 aromatic rings. The average molecular weight is 1200 g/mol. The summed E-state index contributed by atoms with van der Waals surface area (Å²) in [6.07, 6.45) is 7.86. The molecule has 0 saturated carbocycles. The Morgan fingerprint density at radius 3 is 0.713 bits per heavy atom. The first-order valence-corrected chi connectivity index (χ1v) is 29.0. The number of aliphatic carboxylic acids is 3. The fourth-order valence-electron chi connectivity index (χ4n) is 9.69. The number of carbonyl (C=O) groups is 6. The van der Waals surface area contributed by atoms with Gasteiger partial charge in [0, 0.05) is 19.6 Å². The predicted octanol–water partition coefficient (Wildman–Crippen LogP) is 8.91. The number of hydrogen-bond acceptors (Lipinski definition) is 15. The van der Waals surface area contributed by atoms with Crippen molar-refractivity contribution in [3.05, 3.63) is 196 Å². The van der Waals surface area contributed by atoms with E-state index in [1.807, 2.05) is 130 Å². The highest BCUT2D eigenvalue weighted by atomic mass is 16.6. The highest BCUT2D eigenvalue weighted by molar-refractivity contribution is 6.29. The number of hydrogen-bond donors (Lipinski definition) is 3. The van der Waals surface area contributed by atoms with Gasteiger partial charge in [0.25, 0.3) is 0 Å². The molecule has 0 saturated heterocycles. The maximum Gasteiger partial charge on any atom is 0.417 e. The topological polar surface area (TPSA) is 228 Å². The molecule has 6 aromatic carbocycles. The molecule has 0 amide bonds. The van der Waals surface area contributed by atoms with Crippen molar-refractivity contribution in [1.29, 1.82) is 0 Å². The summed E-state index contributed by atoms with van der Waals surface area (Å²) >= 11 is 0. The van der Waals surface area contributed by atoms with E-state index >= 15 is 0 Å². The molecule has 0 bridgehead atoms. The second kappa shape index (κ2) is 38.5. The molecular formula is C69H87N3O15. The lowest BCUT2D eigenvalue weighted by Crippen LogP contribution is -2.33. The van der Waals surface area contributed by atoms with Crippen LogP contribution in [-0.2, 0) is 101 Å². The van der Waals surface area contributed by atoms with Crippen LogP contribution in [-0.4, -0.2) is 167 Å². The molecule has 0 heterocycles. The molecule has 0 radical (unpaired) electrons. The highest BCUT2D eigenvalue weighted by Crippen LogP contribution is 2.22. The predicted molar refractivity (Wildman–Crippen MR) is 334 cm³/mol. The SMILES string of the molecule is COc1ccc(CCc2ccccc2CCC(CN(C)C)OC(=O)C(=O)O)cc1.COc1ccc(CCc2ccccc2CC[C@@H](CN(C)C)OC(=O)C(=O)O)cc1.COc1ccc(CCc2ccccc2CC[C@H](CN(C)C)OC(=O)C(=O)O)cc1. The molecule has 0 spiro atoms. The maximum absolute atomic E-state index is 11.5. The molecule has 87 heavy (non-hydrogen) atoms. The summed E-state index contributed by atoms with van der Waals surface area (Å²) in [5, 5.41) is 26.4.